The molecule has 0 bridgehead atoms. The zero-order valence-electron chi connectivity index (χ0n) is 10.6. The maximum absolute atomic E-state index is 13.3. The van der Waals surface area contributed by atoms with E-state index in [1.54, 1.807) is 24.3 Å². The number of aromatic nitrogens is 1. The first-order chi connectivity index (χ1) is 10.1. The van der Waals surface area contributed by atoms with E-state index in [4.69, 9.17) is 11.6 Å². The average Bonchev–Trinajstić information content (AvgIpc) is 2.48. The number of carbonyl (C=O) groups is 2. The molecule has 0 fully saturated rings. The molecule has 5 nitrogen and oxygen atoms in total. The van der Waals surface area contributed by atoms with Gasteiger partial charge in [-0.3, -0.25) is 14.5 Å². The van der Waals surface area contributed by atoms with E-state index in [-0.39, 0.29) is 23.2 Å². The molecule has 2 amide bonds. The summed E-state index contributed by atoms with van der Waals surface area (Å²) in [4.78, 5) is 29.1. The summed E-state index contributed by atoms with van der Waals surface area (Å²) < 4.78 is 13.3. The molecule has 0 unspecified atom stereocenters. The van der Waals surface area contributed by atoms with E-state index in [9.17, 15) is 14.0 Å². The highest BCUT2D eigenvalue weighted by molar-refractivity contribution is 6.33. The molecule has 7 heteroatoms. The van der Waals surface area contributed by atoms with Crippen LogP contribution in [0.3, 0.4) is 0 Å². The molecule has 21 heavy (non-hydrogen) atoms. The van der Waals surface area contributed by atoms with Crippen LogP contribution in [0.2, 0.25) is 5.15 Å². The van der Waals surface area contributed by atoms with E-state index >= 15 is 0 Å². The smallest absolute Gasteiger partial charge is 0.262 e. The fourth-order valence-electron chi connectivity index (χ4n) is 2.13. The number of para-hydroxylation sites is 2. The molecule has 3 rings (SSSR count). The summed E-state index contributed by atoms with van der Waals surface area (Å²) in [6.07, 6.45) is 0.927. The number of nitrogens with zero attached hydrogens (tertiary/aromatic N) is 2. The summed E-state index contributed by atoms with van der Waals surface area (Å²) in [6.45, 7) is -0.164. The van der Waals surface area contributed by atoms with Crippen LogP contribution < -0.4 is 10.2 Å². The largest absolute Gasteiger partial charge is 0.323 e. The van der Waals surface area contributed by atoms with Gasteiger partial charge < -0.3 is 5.32 Å². The van der Waals surface area contributed by atoms with Crippen LogP contribution in [-0.2, 0) is 4.79 Å². The molecule has 2 heterocycles. The molecule has 1 N–H and O–H groups in total. The number of carbonyl (C=O) groups excluding carboxylic acids is 2. The van der Waals surface area contributed by atoms with E-state index in [0.29, 0.717) is 11.4 Å². The van der Waals surface area contributed by atoms with Gasteiger partial charge in [-0.05, 0) is 18.2 Å². The Morgan fingerprint density at radius 2 is 2.14 bits per heavy atom. The molecule has 1 aromatic carbocycles. The third-order valence-corrected chi connectivity index (χ3v) is 3.35. The standard InChI is InChI=1S/C14H9ClFN3O2/c15-13-9(5-8(16)6-17-13)14(21)19-7-12(20)18-10-3-1-2-4-11(10)19/h1-6H,7H2,(H,18,20). The van der Waals surface area contributed by atoms with E-state index in [1.165, 1.54) is 4.90 Å². The SMILES string of the molecule is O=C1CN(C(=O)c2cc(F)cnc2Cl)c2ccccc2N1. The van der Waals surface area contributed by atoms with Crippen LogP contribution in [0.15, 0.2) is 36.5 Å². The summed E-state index contributed by atoms with van der Waals surface area (Å²) >= 11 is 5.85. The summed E-state index contributed by atoms with van der Waals surface area (Å²) in [5.41, 5.74) is 0.964. The zero-order valence-corrected chi connectivity index (χ0v) is 11.4. The van der Waals surface area contributed by atoms with Crippen molar-refractivity contribution in [1.82, 2.24) is 4.98 Å². The number of hydrogen-bond acceptors (Lipinski definition) is 3. The van der Waals surface area contributed by atoms with Crippen LogP contribution in [0, 0.1) is 5.82 Å². The number of hydrogen-bond donors (Lipinski definition) is 1. The third-order valence-electron chi connectivity index (χ3n) is 3.05. The van der Waals surface area contributed by atoms with Crippen LogP contribution in [0.5, 0.6) is 0 Å². The Morgan fingerprint density at radius 1 is 1.38 bits per heavy atom. The lowest BCUT2D eigenvalue weighted by molar-refractivity contribution is -0.115. The minimum Gasteiger partial charge on any atom is -0.323 e. The summed E-state index contributed by atoms with van der Waals surface area (Å²) in [6, 6.07) is 7.85. The van der Waals surface area contributed by atoms with E-state index in [2.05, 4.69) is 10.3 Å². The minimum atomic E-state index is -0.669. The molecular formula is C14H9ClFN3O2. The van der Waals surface area contributed by atoms with Crippen molar-refractivity contribution in [2.75, 3.05) is 16.8 Å². The molecule has 1 aromatic heterocycles. The second-order valence-electron chi connectivity index (χ2n) is 4.45. The molecule has 0 atom stereocenters. The summed E-state index contributed by atoms with van der Waals surface area (Å²) in [5, 5.41) is 2.56. The Kier molecular flexibility index (Phi) is 3.31. The van der Waals surface area contributed by atoms with Gasteiger partial charge in [0.05, 0.1) is 23.1 Å². The highest BCUT2D eigenvalue weighted by Crippen LogP contribution is 2.30. The van der Waals surface area contributed by atoms with Gasteiger partial charge >= 0.3 is 0 Å². The second kappa shape index (κ2) is 5.14. The van der Waals surface area contributed by atoms with E-state index in [1.807, 2.05) is 0 Å². The Morgan fingerprint density at radius 3 is 2.95 bits per heavy atom. The van der Waals surface area contributed by atoms with Crippen LogP contribution in [0.25, 0.3) is 0 Å². The van der Waals surface area contributed by atoms with Crippen LogP contribution in [0.4, 0.5) is 15.8 Å². The molecule has 0 radical (unpaired) electrons. The molecule has 1 aliphatic rings. The Labute approximate surface area is 124 Å². The number of anilines is 2. The predicted molar refractivity (Wildman–Crippen MR) is 76.0 cm³/mol. The first-order valence-corrected chi connectivity index (χ1v) is 6.46. The number of rotatable bonds is 1. The topological polar surface area (TPSA) is 62.3 Å². The minimum absolute atomic E-state index is 0.0823. The second-order valence-corrected chi connectivity index (χ2v) is 4.81. The zero-order chi connectivity index (χ0) is 15.0. The maximum atomic E-state index is 13.3. The molecule has 106 valence electrons. The first-order valence-electron chi connectivity index (χ1n) is 6.08. The molecular weight excluding hydrogens is 297 g/mol. The normalized spacial score (nSPS) is 13.6. The lowest BCUT2D eigenvalue weighted by atomic mass is 10.1. The van der Waals surface area contributed by atoms with Gasteiger partial charge in [0.2, 0.25) is 5.91 Å². The molecule has 0 saturated carbocycles. The Hall–Kier alpha value is -2.47. The van der Waals surface area contributed by atoms with Gasteiger partial charge in [0.25, 0.3) is 5.91 Å². The Bertz CT molecular complexity index is 751. The van der Waals surface area contributed by atoms with Gasteiger partial charge in [0.15, 0.2) is 0 Å². The highest BCUT2D eigenvalue weighted by Gasteiger charge is 2.29. The lowest BCUT2D eigenvalue weighted by Gasteiger charge is -2.29. The number of amides is 2. The van der Waals surface area contributed by atoms with Crippen LogP contribution in [0.1, 0.15) is 10.4 Å². The van der Waals surface area contributed by atoms with Crippen molar-refractivity contribution in [3.05, 3.63) is 53.1 Å². The maximum Gasteiger partial charge on any atom is 0.262 e. The predicted octanol–water partition coefficient (Wildman–Crippen LogP) is 2.47. The van der Waals surface area contributed by atoms with Crippen LogP contribution in [-0.4, -0.2) is 23.3 Å². The third kappa shape index (κ3) is 2.45. The quantitative estimate of drug-likeness (QED) is 0.823. The average molecular weight is 306 g/mol. The monoisotopic (exact) mass is 305 g/mol. The van der Waals surface area contributed by atoms with E-state index < -0.39 is 11.7 Å². The van der Waals surface area contributed by atoms with Gasteiger partial charge in [0.1, 0.15) is 17.5 Å². The summed E-state index contributed by atoms with van der Waals surface area (Å²) in [5.74, 6) is -1.57. The van der Waals surface area contributed by atoms with Crippen LogP contribution >= 0.6 is 11.6 Å². The lowest BCUT2D eigenvalue weighted by Crippen LogP contribution is -2.42. The number of halogens is 2. The van der Waals surface area contributed by atoms with Gasteiger partial charge in [-0.2, -0.15) is 0 Å². The summed E-state index contributed by atoms with van der Waals surface area (Å²) in [7, 11) is 0. The fraction of sp³-hybridized carbons (Fsp3) is 0.0714. The number of pyridine rings is 1. The van der Waals surface area contributed by atoms with Crippen molar-refractivity contribution in [1.29, 1.82) is 0 Å². The highest BCUT2D eigenvalue weighted by atomic mass is 35.5. The van der Waals surface area contributed by atoms with Gasteiger partial charge in [-0.15, -0.1) is 0 Å². The molecule has 0 aliphatic carbocycles. The van der Waals surface area contributed by atoms with Gasteiger partial charge in [0, 0.05) is 0 Å². The van der Waals surface area contributed by atoms with Crippen molar-refractivity contribution >= 4 is 34.8 Å². The number of fused-ring (bicyclic) bond motifs is 1. The van der Waals surface area contributed by atoms with E-state index in [0.717, 1.165) is 12.3 Å². The van der Waals surface area contributed by atoms with Crippen molar-refractivity contribution in [2.45, 2.75) is 0 Å². The molecule has 2 aromatic rings. The van der Waals surface area contributed by atoms with Gasteiger partial charge in [-0.1, -0.05) is 23.7 Å². The molecule has 0 saturated heterocycles. The number of nitrogens with one attached hydrogen (secondary N) is 1. The van der Waals surface area contributed by atoms with Crippen molar-refractivity contribution < 1.29 is 14.0 Å². The number of benzene rings is 1. The molecule has 1 aliphatic heterocycles. The van der Waals surface area contributed by atoms with Crippen molar-refractivity contribution in [3.8, 4) is 0 Å². The first kappa shape index (κ1) is 13.5. The van der Waals surface area contributed by atoms with Crippen molar-refractivity contribution in [2.24, 2.45) is 0 Å². The fourth-order valence-corrected chi connectivity index (χ4v) is 2.32. The van der Waals surface area contributed by atoms with Crippen molar-refractivity contribution in [3.63, 3.8) is 0 Å². The van der Waals surface area contributed by atoms with Gasteiger partial charge in [-0.25, -0.2) is 9.37 Å². The molecule has 0 spiro atoms. The Balaban J connectivity index is 2.06.